The largest absolute Gasteiger partial charge is 0.395 e. The van der Waals surface area contributed by atoms with Gasteiger partial charge in [-0.2, -0.15) is 0 Å². The van der Waals surface area contributed by atoms with Crippen LogP contribution in [0, 0.1) is 12.3 Å². The van der Waals surface area contributed by atoms with E-state index < -0.39 is 35.3 Å². The van der Waals surface area contributed by atoms with E-state index in [1.165, 1.54) is 83.5 Å². The highest BCUT2D eigenvalue weighted by molar-refractivity contribution is 7.39. The molecule has 1 atom stereocenters. The molecule has 0 saturated heterocycles. The fourth-order valence-electron chi connectivity index (χ4n) is 6.48. The third-order valence-corrected chi connectivity index (χ3v) is 10.0. The fraction of sp³-hybridized carbons (Fsp3) is 0.842. The van der Waals surface area contributed by atoms with Crippen molar-refractivity contribution in [3.05, 3.63) is 34.4 Å². The average molecular weight is 719 g/mol. The number of hydrogen-bond donors (Lipinski definition) is 5. The molecule has 282 valence electrons. The van der Waals surface area contributed by atoms with Crippen LogP contribution in [0.4, 0.5) is 0 Å². The molecular formula is C38H72O8P2. The number of benzene rings is 1. The van der Waals surface area contributed by atoms with Crippen molar-refractivity contribution >= 4 is 17.2 Å². The van der Waals surface area contributed by atoms with Crippen LogP contribution < -0.4 is 0 Å². The monoisotopic (exact) mass is 718 g/mol. The molecule has 5 N–H and O–H groups in total. The first-order valence-electron chi connectivity index (χ1n) is 18.6. The summed E-state index contributed by atoms with van der Waals surface area (Å²) in [6, 6.07) is 4.30. The molecule has 0 aliphatic carbocycles. The normalized spacial score (nSPS) is 13.6. The van der Waals surface area contributed by atoms with E-state index in [4.69, 9.17) is 13.8 Å². The first kappa shape index (κ1) is 45.8. The zero-order valence-corrected chi connectivity index (χ0v) is 33.5. The standard InChI is InChI=1S/C38H72O8P2/c1-9-10-11-12-13-14-15-16-17-18-19-20-21-22-23-24-25-44-35(38(28-39,29-45-47(40)41)30-46-48(42)43)34-32(36(3,4)5)26-31(2)27-33(34)37(6,7)8/h26-27,35,39-43H,9-25,28-30H2,1-8H3. The molecule has 0 aliphatic rings. The van der Waals surface area contributed by atoms with E-state index in [1.807, 2.05) is 0 Å². The van der Waals surface area contributed by atoms with Gasteiger partial charge in [-0.25, -0.2) is 0 Å². The van der Waals surface area contributed by atoms with Crippen LogP contribution in [0.3, 0.4) is 0 Å². The maximum atomic E-state index is 11.0. The van der Waals surface area contributed by atoms with Gasteiger partial charge in [0.2, 0.25) is 0 Å². The Kier molecular flexibility index (Phi) is 23.0. The molecule has 0 bridgehead atoms. The van der Waals surface area contributed by atoms with E-state index in [0.717, 1.165) is 41.5 Å². The lowest BCUT2D eigenvalue weighted by molar-refractivity contribution is -0.111. The van der Waals surface area contributed by atoms with E-state index >= 15 is 0 Å². The molecule has 0 saturated carbocycles. The van der Waals surface area contributed by atoms with Crippen LogP contribution in [-0.4, -0.2) is 51.1 Å². The average Bonchev–Trinajstić information content (AvgIpc) is 3.00. The lowest BCUT2D eigenvalue weighted by Crippen LogP contribution is -2.44. The summed E-state index contributed by atoms with van der Waals surface area (Å²) < 4.78 is 17.4. The Bertz CT molecular complexity index is 927. The minimum Gasteiger partial charge on any atom is -0.395 e. The lowest BCUT2D eigenvalue weighted by atomic mass is 9.69. The van der Waals surface area contributed by atoms with Crippen LogP contribution >= 0.6 is 17.2 Å². The second kappa shape index (κ2) is 24.1. The van der Waals surface area contributed by atoms with Crippen LogP contribution in [-0.2, 0) is 24.6 Å². The van der Waals surface area contributed by atoms with Crippen LogP contribution in [0.5, 0.6) is 0 Å². The van der Waals surface area contributed by atoms with E-state index in [2.05, 4.69) is 67.5 Å². The van der Waals surface area contributed by atoms with E-state index in [-0.39, 0.29) is 24.0 Å². The first-order chi connectivity index (χ1) is 22.6. The van der Waals surface area contributed by atoms with Crippen molar-refractivity contribution in [3.63, 3.8) is 0 Å². The Labute approximate surface area is 296 Å². The highest BCUT2D eigenvalue weighted by Crippen LogP contribution is 2.49. The van der Waals surface area contributed by atoms with Gasteiger partial charge in [-0.1, -0.05) is 162 Å². The van der Waals surface area contributed by atoms with Crippen LogP contribution in [0.2, 0.25) is 0 Å². The Morgan fingerprint density at radius 1 is 0.604 bits per heavy atom. The molecule has 0 fully saturated rings. The molecule has 0 aromatic heterocycles. The maximum Gasteiger partial charge on any atom is 0.327 e. The molecule has 8 nitrogen and oxygen atoms in total. The Morgan fingerprint density at radius 3 is 1.27 bits per heavy atom. The number of unbranched alkanes of at least 4 members (excludes halogenated alkanes) is 15. The topological polar surface area (TPSA) is 129 Å². The zero-order valence-electron chi connectivity index (χ0n) is 31.7. The van der Waals surface area contributed by atoms with E-state index in [1.54, 1.807) is 0 Å². The maximum absolute atomic E-state index is 11.0. The summed E-state index contributed by atoms with van der Waals surface area (Å²) in [6.07, 6.45) is 19.6. The summed E-state index contributed by atoms with van der Waals surface area (Å²) in [5.74, 6) is 0. The number of rotatable bonds is 27. The van der Waals surface area contributed by atoms with Crippen LogP contribution in [0.15, 0.2) is 12.1 Å². The molecule has 0 spiro atoms. The Balaban J connectivity index is 3.00. The van der Waals surface area contributed by atoms with Gasteiger partial charge in [0.05, 0.1) is 31.3 Å². The minimum absolute atomic E-state index is 0.290. The highest BCUT2D eigenvalue weighted by atomic mass is 31.2. The van der Waals surface area contributed by atoms with Gasteiger partial charge in [-0.05, 0) is 40.9 Å². The molecular weight excluding hydrogens is 646 g/mol. The molecule has 0 amide bonds. The Morgan fingerprint density at radius 2 is 0.958 bits per heavy atom. The van der Waals surface area contributed by atoms with Gasteiger partial charge in [-0.15, -0.1) is 0 Å². The molecule has 1 aromatic rings. The van der Waals surface area contributed by atoms with Gasteiger partial charge in [0.25, 0.3) is 0 Å². The summed E-state index contributed by atoms with van der Waals surface area (Å²) in [6.45, 7) is 16.5. The summed E-state index contributed by atoms with van der Waals surface area (Å²) in [7, 11) is -5.47. The van der Waals surface area contributed by atoms with E-state index in [9.17, 15) is 24.7 Å². The molecule has 10 heteroatoms. The fourth-order valence-corrected chi connectivity index (χ4v) is 7.22. The number of aliphatic hydroxyl groups is 1. The van der Waals surface area contributed by atoms with Crippen LogP contribution in [0.1, 0.15) is 180 Å². The summed E-state index contributed by atoms with van der Waals surface area (Å²) in [4.78, 5) is 38.9. The predicted molar refractivity (Wildman–Crippen MR) is 201 cm³/mol. The number of aryl methyl sites for hydroxylation is 1. The molecule has 0 radical (unpaired) electrons. The zero-order chi connectivity index (χ0) is 36.2. The van der Waals surface area contributed by atoms with E-state index in [0.29, 0.717) is 6.61 Å². The number of ether oxygens (including phenoxy) is 1. The van der Waals surface area contributed by atoms with Crippen molar-refractivity contribution in [1.82, 2.24) is 0 Å². The van der Waals surface area contributed by atoms with Gasteiger partial charge >= 0.3 is 17.2 Å². The minimum atomic E-state index is -2.73. The molecule has 1 rings (SSSR count). The van der Waals surface area contributed by atoms with Gasteiger partial charge < -0.3 is 38.5 Å². The van der Waals surface area contributed by atoms with Crippen molar-refractivity contribution in [2.75, 3.05) is 26.4 Å². The van der Waals surface area contributed by atoms with Crippen molar-refractivity contribution in [3.8, 4) is 0 Å². The summed E-state index contributed by atoms with van der Waals surface area (Å²) >= 11 is 0. The van der Waals surface area contributed by atoms with Gasteiger partial charge in [-0.3, -0.25) is 0 Å². The smallest absolute Gasteiger partial charge is 0.327 e. The number of hydrogen-bond acceptors (Lipinski definition) is 8. The molecule has 1 aromatic carbocycles. The molecule has 48 heavy (non-hydrogen) atoms. The van der Waals surface area contributed by atoms with Gasteiger partial charge in [0.15, 0.2) is 0 Å². The second-order valence-corrected chi connectivity index (χ2v) is 17.4. The molecule has 0 aliphatic heterocycles. The molecule has 1 unspecified atom stereocenters. The van der Waals surface area contributed by atoms with Crippen molar-refractivity contribution in [2.45, 2.75) is 175 Å². The third kappa shape index (κ3) is 17.8. The first-order valence-corrected chi connectivity index (χ1v) is 20.9. The highest BCUT2D eigenvalue weighted by Gasteiger charge is 2.46. The Hall–Kier alpha value is -0.240. The van der Waals surface area contributed by atoms with Crippen molar-refractivity contribution < 1.29 is 38.5 Å². The van der Waals surface area contributed by atoms with Crippen molar-refractivity contribution in [2.24, 2.45) is 5.41 Å². The predicted octanol–water partition coefficient (Wildman–Crippen LogP) is 10.3. The van der Waals surface area contributed by atoms with Gasteiger partial charge in [0, 0.05) is 6.61 Å². The SMILES string of the molecule is CCCCCCCCCCCCCCCCCCOC(c1c(C(C)(C)C)cc(C)cc1C(C)(C)C)C(CO)(COP(O)O)COP(O)O. The molecule has 0 heterocycles. The lowest BCUT2D eigenvalue weighted by Gasteiger charge is -2.43. The van der Waals surface area contributed by atoms with Gasteiger partial charge in [0.1, 0.15) is 0 Å². The quantitative estimate of drug-likeness (QED) is 0.0449. The second-order valence-electron chi connectivity index (χ2n) is 15.9. The summed E-state index contributed by atoms with van der Waals surface area (Å²) in [5.41, 5.74) is 2.18. The van der Waals surface area contributed by atoms with Crippen molar-refractivity contribution in [1.29, 1.82) is 0 Å². The number of aliphatic hydroxyl groups excluding tert-OH is 1. The van der Waals surface area contributed by atoms with Crippen LogP contribution in [0.25, 0.3) is 0 Å². The third-order valence-electron chi connectivity index (χ3n) is 9.29. The summed E-state index contributed by atoms with van der Waals surface area (Å²) in [5, 5.41) is 11.0.